The molecule has 0 unspecified atom stereocenters. The SMILES string of the molecule is CC(C)(C)C(=O)COc1c(Cl)c(Cl)c(Cl)c(Cl)c1Cl. The minimum absolute atomic E-state index is 0.0303. The van der Waals surface area contributed by atoms with Gasteiger partial charge >= 0.3 is 0 Å². The van der Waals surface area contributed by atoms with Gasteiger partial charge in [0.05, 0.1) is 15.1 Å². The normalized spacial score (nSPS) is 11.6. The first-order chi connectivity index (χ1) is 8.57. The van der Waals surface area contributed by atoms with E-state index in [4.69, 9.17) is 62.7 Å². The van der Waals surface area contributed by atoms with Crippen LogP contribution in [0.5, 0.6) is 5.75 Å². The Morgan fingerprint density at radius 3 is 1.63 bits per heavy atom. The van der Waals surface area contributed by atoms with E-state index in [0.717, 1.165) is 0 Å². The average Bonchev–Trinajstić information content (AvgIpc) is 2.32. The molecule has 0 aliphatic heterocycles. The van der Waals surface area contributed by atoms with E-state index in [1.54, 1.807) is 20.8 Å². The number of carbonyl (C=O) groups is 1. The van der Waals surface area contributed by atoms with E-state index in [2.05, 4.69) is 0 Å². The van der Waals surface area contributed by atoms with Gasteiger partial charge in [-0.15, -0.1) is 0 Å². The summed E-state index contributed by atoms with van der Waals surface area (Å²) in [4.78, 5) is 11.8. The molecule has 1 aromatic rings. The molecular weight excluding hydrogens is 353 g/mol. The molecule has 19 heavy (non-hydrogen) atoms. The van der Waals surface area contributed by atoms with Crippen LogP contribution in [0.3, 0.4) is 0 Å². The fourth-order valence-corrected chi connectivity index (χ4v) is 2.30. The third-order valence-corrected chi connectivity index (χ3v) is 4.60. The summed E-state index contributed by atoms with van der Waals surface area (Å²) in [5.74, 6) is -0.0536. The highest BCUT2D eigenvalue weighted by Gasteiger charge is 2.25. The minimum atomic E-state index is -0.529. The van der Waals surface area contributed by atoms with Crippen LogP contribution in [-0.4, -0.2) is 12.4 Å². The molecule has 0 saturated heterocycles. The second-order valence-corrected chi connectivity index (χ2v) is 6.75. The molecular formula is C12H11Cl5O2. The molecule has 0 N–H and O–H groups in total. The molecule has 0 aliphatic rings. The maximum atomic E-state index is 11.8. The zero-order valence-electron chi connectivity index (χ0n) is 10.4. The van der Waals surface area contributed by atoms with Crippen LogP contribution >= 0.6 is 58.0 Å². The quantitative estimate of drug-likeness (QED) is 0.489. The highest BCUT2D eigenvalue weighted by Crippen LogP contribution is 2.48. The van der Waals surface area contributed by atoms with E-state index in [1.165, 1.54) is 0 Å². The number of hydrogen-bond acceptors (Lipinski definition) is 2. The van der Waals surface area contributed by atoms with Crippen molar-refractivity contribution in [3.63, 3.8) is 0 Å². The van der Waals surface area contributed by atoms with Gasteiger partial charge in [0.2, 0.25) is 0 Å². The highest BCUT2D eigenvalue weighted by atomic mass is 35.5. The van der Waals surface area contributed by atoms with E-state index < -0.39 is 5.41 Å². The molecule has 0 heterocycles. The Bertz CT molecular complexity index is 491. The zero-order valence-corrected chi connectivity index (χ0v) is 14.2. The van der Waals surface area contributed by atoms with Crippen molar-refractivity contribution in [3.05, 3.63) is 25.1 Å². The van der Waals surface area contributed by atoms with Crippen LogP contribution in [0.2, 0.25) is 25.1 Å². The number of rotatable bonds is 3. The molecule has 0 radical (unpaired) electrons. The summed E-state index contributed by atoms with van der Waals surface area (Å²) in [6.45, 7) is 5.16. The lowest BCUT2D eigenvalue weighted by atomic mass is 9.91. The van der Waals surface area contributed by atoms with E-state index in [-0.39, 0.29) is 43.3 Å². The Kier molecular flexibility index (Phi) is 5.68. The molecule has 0 amide bonds. The second kappa shape index (κ2) is 6.28. The Balaban J connectivity index is 3.07. The first-order valence-electron chi connectivity index (χ1n) is 5.25. The van der Waals surface area contributed by atoms with E-state index in [9.17, 15) is 4.79 Å². The minimum Gasteiger partial charge on any atom is -0.483 e. The number of Topliss-reactive ketones (excluding diaryl/α,β-unsaturated/α-hetero) is 1. The van der Waals surface area contributed by atoms with Crippen LogP contribution in [0.4, 0.5) is 0 Å². The van der Waals surface area contributed by atoms with Crippen LogP contribution in [0.1, 0.15) is 20.8 Å². The number of hydrogen-bond donors (Lipinski definition) is 0. The summed E-state index contributed by atoms with van der Waals surface area (Å²) in [5.41, 5.74) is -0.529. The number of carbonyl (C=O) groups excluding carboxylic acids is 1. The fourth-order valence-electron chi connectivity index (χ4n) is 1.07. The smallest absolute Gasteiger partial charge is 0.175 e. The van der Waals surface area contributed by atoms with Crippen molar-refractivity contribution in [2.24, 2.45) is 5.41 Å². The van der Waals surface area contributed by atoms with Gasteiger partial charge in [0.15, 0.2) is 11.5 Å². The Morgan fingerprint density at radius 2 is 1.26 bits per heavy atom. The molecule has 106 valence electrons. The van der Waals surface area contributed by atoms with Crippen molar-refractivity contribution in [3.8, 4) is 5.75 Å². The van der Waals surface area contributed by atoms with Crippen LogP contribution in [-0.2, 0) is 4.79 Å². The molecule has 2 nitrogen and oxygen atoms in total. The molecule has 0 atom stereocenters. The van der Waals surface area contributed by atoms with Gasteiger partial charge in [-0.05, 0) is 0 Å². The topological polar surface area (TPSA) is 26.3 Å². The van der Waals surface area contributed by atoms with Gasteiger partial charge < -0.3 is 4.74 Å². The fraction of sp³-hybridized carbons (Fsp3) is 0.417. The van der Waals surface area contributed by atoms with Gasteiger partial charge in [0.25, 0.3) is 0 Å². The van der Waals surface area contributed by atoms with Crippen molar-refractivity contribution in [2.75, 3.05) is 6.61 Å². The molecule has 0 bridgehead atoms. The second-order valence-electron chi connectivity index (χ2n) is 4.86. The van der Waals surface area contributed by atoms with E-state index in [1.807, 2.05) is 0 Å². The van der Waals surface area contributed by atoms with Crippen LogP contribution in [0.15, 0.2) is 0 Å². The molecule has 1 rings (SSSR count). The summed E-state index contributed by atoms with van der Waals surface area (Å²) in [5, 5.41) is 0.185. The zero-order chi connectivity index (χ0) is 15.0. The van der Waals surface area contributed by atoms with Crippen molar-refractivity contribution >= 4 is 63.8 Å². The molecule has 1 aromatic carbocycles. The summed E-state index contributed by atoms with van der Waals surface area (Å²) in [6, 6.07) is 0. The molecule has 0 fully saturated rings. The third-order valence-electron chi connectivity index (χ3n) is 2.35. The summed E-state index contributed by atoms with van der Waals surface area (Å²) in [7, 11) is 0. The van der Waals surface area contributed by atoms with E-state index in [0.29, 0.717) is 0 Å². The Labute approximate surface area is 136 Å². The molecule has 0 saturated carbocycles. The summed E-state index contributed by atoms with van der Waals surface area (Å²) >= 11 is 29.6. The maximum Gasteiger partial charge on any atom is 0.175 e. The first-order valence-corrected chi connectivity index (χ1v) is 7.14. The number of halogens is 5. The number of ether oxygens (including phenoxy) is 1. The maximum absolute atomic E-state index is 11.8. The van der Waals surface area contributed by atoms with Crippen LogP contribution in [0, 0.1) is 5.41 Å². The van der Waals surface area contributed by atoms with Gasteiger partial charge in [-0.2, -0.15) is 0 Å². The average molecular weight is 364 g/mol. The van der Waals surface area contributed by atoms with Gasteiger partial charge in [0, 0.05) is 5.41 Å². The monoisotopic (exact) mass is 362 g/mol. The molecule has 0 spiro atoms. The van der Waals surface area contributed by atoms with Gasteiger partial charge in [-0.25, -0.2) is 0 Å². The molecule has 0 aromatic heterocycles. The largest absolute Gasteiger partial charge is 0.483 e. The molecule has 7 heteroatoms. The molecule has 0 aliphatic carbocycles. The number of benzene rings is 1. The highest BCUT2D eigenvalue weighted by molar-refractivity contribution is 6.55. The van der Waals surface area contributed by atoms with Crippen molar-refractivity contribution < 1.29 is 9.53 Å². The van der Waals surface area contributed by atoms with Crippen molar-refractivity contribution in [1.82, 2.24) is 0 Å². The summed E-state index contributed by atoms with van der Waals surface area (Å²) in [6.07, 6.45) is 0. The lowest BCUT2D eigenvalue weighted by molar-refractivity contribution is -0.128. The Hall–Kier alpha value is 0.140. The third kappa shape index (κ3) is 3.83. The van der Waals surface area contributed by atoms with Crippen LogP contribution < -0.4 is 4.74 Å². The van der Waals surface area contributed by atoms with Gasteiger partial charge in [-0.1, -0.05) is 78.8 Å². The standard InChI is InChI=1S/C12H11Cl5O2/c1-12(2,3)5(18)4-19-11-9(16)7(14)6(13)8(15)10(11)17/h4H2,1-3H3. The number of ketones is 1. The van der Waals surface area contributed by atoms with Crippen molar-refractivity contribution in [2.45, 2.75) is 20.8 Å². The lowest BCUT2D eigenvalue weighted by Gasteiger charge is -2.18. The van der Waals surface area contributed by atoms with Crippen LogP contribution in [0.25, 0.3) is 0 Å². The Morgan fingerprint density at radius 1 is 0.895 bits per heavy atom. The van der Waals surface area contributed by atoms with E-state index >= 15 is 0 Å². The van der Waals surface area contributed by atoms with Gasteiger partial charge in [-0.3, -0.25) is 4.79 Å². The predicted octanol–water partition coefficient (Wildman–Crippen LogP) is 5.95. The first kappa shape index (κ1) is 17.2. The predicted molar refractivity (Wildman–Crippen MR) is 81.4 cm³/mol. The summed E-state index contributed by atoms with van der Waals surface area (Å²) < 4.78 is 5.33. The lowest BCUT2D eigenvalue weighted by Crippen LogP contribution is -2.26. The van der Waals surface area contributed by atoms with Crippen molar-refractivity contribution in [1.29, 1.82) is 0 Å². The van der Waals surface area contributed by atoms with Gasteiger partial charge in [0.1, 0.15) is 16.7 Å².